The van der Waals surface area contributed by atoms with E-state index in [1.165, 1.54) is 6.07 Å². The van der Waals surface area contributed by atoms with E-state index in [9.17, 15) is 9.18 Å². The Bertz CT molecular complexity index is 715. The van der Waals surface area contributed by atoms with Gasteiger partial charge in [-0.2, -0.15) is 0 Å². The van der Waals surface area contributed by atoms with Gasteiger partial charge < -0.3 is 25.0 Å². The van der Waals surface area contributed by atoms with E-state index in [4.69, 9.17) is 15.2 Å². The highest BCUT2D eigenvalue weighted by Crippen LogP contribution is 2.43. The van der Waals surface area contributed by atoms with Crippen LogP contribution in [0.2, 0.25) is 0 Å². The summed E-state index contributed by atoms with van der Waals surface area (Å²) in [4.78, 5) is 16.8. The van der Waals surface area contributed by atoms with Crippen LogP contribution < -0.4 is 10.6 Å². The summed E-state index contributed by atoms with van der Waals surface area (Å²) in [5.41, 5.74) is 6.58. The van der Waals surface area contributed by atoms with Crippen LogP contribution in [0.25, 0.3) is 0 Å². The number of amides is 1. The first-order valence-corrected chi connectivity index (χ1v) is 10.0. The minimum atomic E-state index is -0.327. The number of carbonyl (C=O) groups excluding carboxylic acids is 1. The monoisotopic (exact) mass is 375 g/mol. The fraction of sp³-hybridized carbons (Fsp3) is 0.650. The summed E-state index contributed by atoms with van der Waals surface area (Å²) in [5, 5.41) is 0. The van der Waals surface area contributed by atoms with Gasteiger partial charge in [-0.1, -0.05) is 0 Å². The molecule has 5 aliphatic heterocycles. The van der Waals surface area contributed by atoms with Crippen molar-refractivity contribution < 1.29 is 18.7 Å². The minimum Gasteiger partial charge on any atom is -0.444 e. The fourth-order valence-corrected chi connectivity index (χ4v) is 5.38. The van der Waals surface area contributed by atoms with Gasteiger partial charge in [0, 0.05) is 24.3 Å². The van der Waals surface area contributed by atoms with Gasteiger partial charge in [0.2, 0.25) is 0 Å². The van der Waals surface area contributed by atoms with Gasteiger partial charge in [0.05, 0.1) is 24.4 Å². The van der Waals surface area contributed by atoms with E-state index in [0.29, 0.717) is 30.1 Å². The second kappa shape index (κ2) is 6.55. The van der Waals surface area contributed by atoms with Crippen LogP contribution in [0, 0.1) is 5.82 Å². The Labute approximate surface area is 158 Å². The van der Waals surface area contributed by atoms with Gasteiger partial charge in [-0.05, 0) is 56.7 Å². The van der Waals surface area contributed by atoms with E-state index in [2.05, 4.69) is 0 Å². The van der Waals surface area contributed by atoms with Crippen LogP contribution in [0.5, 0.6) is 0 Å². The van der Waals surface area contributed by atoms with Gasteiger partial charge in [-0.3, -0.25) is 0 Å². The number of nitrogens with zero attached hydrogens (tertiary/aromatic N) is 2. The van der Waals surface area contributed by atoms with Crippen molar-refractivity contribution in [3.8, 4) is 0 Å². The number of hydrogen-bond donors (Lipinski definition) is 1. The molecule has 5 fully saturated rings. The van der Waals surface area contributed by atoms with Crippen LogP contribution in [-0.2, 0) is 9.47 Å². The molecule has 0 saturated carbocycles. The maximum atomic E-state index is 14.3. The third-order valence-electron chi connectivity index (χ3n) is 6.48. The largest absolute Gasteiger partial charge is 0.444 e. The predicted molar refractivity (Wildman–Crippen MR) is 99.1 cm³/mol. The van der Waals surface area contributed by atoms with Gasteiger partial charge in [-0.15, -0.1) is 0 Å². The molecule has 4 bridgehead atoms. The van der Waals surface area contributed by atoms with Crippen molar-refractivity contribution in [1.82, 2.24) is 4.90 Å². The molecule has 1 atom stereocenters. The first-order valence-electron chi connectivity index (χ1n) is 10.0. The second-order valence-corrected chi connectivity index (χ2v) is 8.34. The molecular formula is C20H26FN3O3. The first-order chi connectivity index (χ1) is 13.1. The molecule has 0 radical (unpaired) electrons. The number of rotatable bonds is 2. The van der Waals surface area contributed by atoms with E-state index in [0.717, 1.165) is 45.1 Å². The van der Waals surface area contributed by atoms with E-state index < -0.39 is 0 Å². The Morgan fingerprint density at radius 3 is 2.56 bits per heavy atom. The Balaban J connectivity index is 1.25. The summed E-state index contributed by atoms with van der Waals surface area (Å²) < 4.78 is 26.1. The van der Waals surface area contributed by atoms with Crippen LogP contribution in [0.15, 0.2) is 18.2 Å². The molecular weight excluding hydrogens is 349 g/mol. The number of hydrogen-bond acceptors (Lipinski definition) is 5. The van der Waals surface area contributed by atoms with Gasteiger partial charge in [-0.25, -0.2) is 9.18 Å². The summed E-state index contributed by atoms with van der Waals surface area (Å²) in [6.07, 6.45) is 5.61. The predicted octanol–water partition coefficient (Wildman–Crippen LogP) is 2.91. The molecule has 1 aromatic rings. The highest BCUT2D eigenvalue weighted by Gasteiger charge is 2.50. The number of ether oxygens (including phenoxy) is 2. The van der Waals surface area contributed by atoms with Gasteiger partial charge in [0.25, 0.3) is 0 Å². The highest BCUT2D eigenvalue weighted by molar-refractivity contribution is 5.69. The topological polar surface area (TPSA) is 68.0 Å². The highest BCUT2D eigenvalue weighted by atomic mass is 19.1. The quantitative estimate of drug-likeness (QED) is 0.805. The lowest BCUT2D eigenvalue weighted by molar-refractivity contribution is -0.174. The third-order valence-corrected chi connectivity index (χ3v) is 6.48. The van der Waals surface area contributed by atoms with E-state index >= 15 is 0 Å². The molecule has 1 aromatic carbocycles. The summed E-state index contributed by atoms with van der Waals surface area (Å²) in [5.74, 6) is -0.327. The zero-order valence-corrected chi connectivity index (χ0v) is 15.4. The molecule has 0 aromatic heterocycles. The normalized spacial score (nSPS) is 34.8. The molecule has 146 valence electrons. The van der Waals surface area contributed by atoms with Crippen molar-refractivity contribution in [1.29, 1.82) is 0 Å². The molecule has 0 spiro atoms. The molecule has 2 N–H and O–H groups in total. The lowest BCUT2D eigenvalue weighted by Gasteiger charge is -2.55. The molecule has 0 aliphatic carbocycles. The van der Waals surface area contributed by atoms with E-state index in [1.807, 2.05) is 9.80 Å². The van der Waals surface area contributed by atoms with Crippen molar-refractivity contribution >= 4 is 17.5 Å². The molecule has 5 saturated heterocycles. The van der Waals surface area contributed by atoms with Crippen molar-refractivity contribution in [2.45, 2.75) is 68.9 Å². The number of anilines is 2. The average molecular weight is 375 g/mol. The first kappa shape index (κ1) is 17.1. The molecule has 7 heteroatoms. The molecule has 1 amide bonds. The lowest BCUT2D eigenvalue weighted by Crippen LogP contribution is -2.64. The lowest BCUT2D eigenvalue weighted by atomic mass is 9.78. The van der Waals surface area contributed by atoms with Crippen molar-refractivity contribution in [3.05, 3.63) is 24.0 Å². The Kier molecular flexibility index (Phi) is 4.15. The smallest absolute Gasteiger partial charge is 0.410 e. The zero-order chi connectivity index (χ0) is 18.5. The second-order valence-electron chi connectivity index (χ2n) is 8.34. The molecule has 27 heavy (non-hydrogen) atoms. The van der Waals surface area contributed by atoms with Crippen molar-refractivity contribution in [3.63, 3.8) is 0 Å². The molecule has 1 unspecified atom stereocenters. The van der Waals surface area contributed by atoms with Crippen LogP contribution in [0.1, 0.15) is 38.5 Å². The maximum absolute atomic E-state index is 14.3. The van der Waals surface area contributed by atoms with Crippen molar-refractivity contribution in [2.24, 2.45) is 0 Å². The molecule has 6 nitrogen and oxygen atoms in total. The summed E-state index contributed by atoms with van der Waals surface area (Å²) in [7, 11) is 0. The van der Waals surface area contributed by atoms with Crippen LogP contribution in [0.3, 0.4) is 0 Å². The molecule has 5 aliphatic rings. The number of carbonyl (C=O) groups is 1. The number of nitrogens with two attached hydrogens (primary N) is 1. The summed E-state index contributed by atoms with van der Waals surface area (Å²) >= 11 is 0. The Morgan fingerprint density at radius 1 is 1.19 bits per heavy atom. The van der Waals surface area contributed by atoms with Gasteiger partial charge >= 0.3 is 6.09 Å². The number of halogens is 1. The van der Waals surface area contributed by atoms with Crippen LogP contribution in [0.4, 0.5) is 20.6 Å². The Hall–Kier alpha value is -2.02. The summed E-state index contributed by atoms with van der Waals surface area (Å²) in [6.45, 7) is 1.27. The number of piperidine rings is 3. The van der Waals surface area contributed by atoms with E-state index in [1.54, 1.807) is 12.1 Å². The van der Waals surface area contributed by atoms with Gasteiger partial charge in [0.15, 0.2) is 0 Å². The molecule has 5 heterocycles. The van der Waals surface area contributed by atoms with Crippen LogP contribution in [-0.4, -0.2) is 54.5 Å². The SMILES string of the molecule is Nc1ccc(N2CCCC(OC(=O)N3C4CC5CC3CC(C4)O5)C2)c(F)c1. The maximum Gasteiger partial charge on any atom is 0.410 e. The van der Waals surface area contributed by atoms with Gasteiger partial charge in [0.1, 0.15) is 11.9 Å². The van der Waals surface area contributed by atoms with Crippen LogP contribution >= 0.6 is 0 Å². The fourth-order valence-electron chi connectivity index (χ4n) is 5.38. The third kappa shape index (κ3) is 3.12. The Morgan fingerprint density at radius 2 is 1.89 bits per heavy atom. The summed E-state index contributed by atoms with van der Waals surface area (Å²) in [6, 6.07) is 5.26. The average Bonchev–Trinajstić information content (AvgIpc) is 2.61. The number of benzene rings is 1. The van der Waals surface area contributed by atoms with E-state index in [-0.39, 0.29) is 30.1 Å². The minimum absolute atomic E-state index is 0.201. The zero-order valence-electron chi connectivity index (χ0n) is 15.4. The standard InChI is InChI=1S/C20H26FN3O3/c21-18-6-12(22)3-4-19(18)23-5-1-2-15(11-23)27-20(25)24-13-7-16-9-14(24)10-17(8-13)26-16/h3-4,6,13-17H,1-2,5,7-11,22H2. The number of nitrogen functional groups attached to an aromatic ring is 1. The van der Waals surface area contributed by atoms with Crippen molar-refractivity contribution in [2.75, 3.05) is 23.7 Å². The molecule has 6 rings (SSSR count).